The van der Waals surface area contributed by atoms with Gasteiger partial charge in [0.2, 0.25) is 11.8 Å². The van der Waals surface area contributed by atoms with Crippen LogP contribution in [0.25, 0.3) is 0 Å². The summed E-state index contributed by atoms with van der Waals surface area (Å²) in [6.45, 7) is 1.64. The first kappa shape index (κ1) is 13.3. The topological polar surface area (TPSA) is 63.4 Å². The monoisotopic (exact) mass is 238 g/mol. The highest BCUT2D eigenvalue weighted by molar-refractivity contribution is 5.95. The summed E-state index contributed by atoms with van der Waals surface area (Å²) >= 11 is 0. The highest BCUT2D eigenvalue weighted by Gasteiger charge is 2.18. The highest BCUT2D eigenvalue weighted by atomic mass is 19.1. The maximum Gasteiger partial charge on any atom is 0.233 e. The third-order valence-electron chi connectivity index (χ3n) is 2.33. The van der Waals surface area contributed by atoms with Crippen molar-refractivity contribution in [1.82, 2.24) is 4.90 Å². The third kappa shape index (κ3) is 3.64. The van der Waals surface area contributed by atoms with Crippen LogP contribution in [0.15, 0.2) is 24.3 Å². The summed E-state index contributed by atoms with van der Waals surface area (Å²) in [6.07, 6.45) is -0.133. The first-order valence-electron chi connectivity index (χ1n) is 5.30. The molecule has 0 heterocycles. The van der Waals surface area contributed by atoms with Crippen LogP contribution < -0.4 is 5.73 Å². The van der Waals surface area contributed by atoms with E-state index >= 15 is 0 Å². The predicted molar refractivity (Wildman–Crippen MR) is 61.6 cm³/mol. The molecule has 2 N–H and O–H groups in total. The zero-order chi connectivity index (χ0) is 12.8. The zero-order valence-corrected chi connectivity index (χ0v) is 9.65. The maximum atomic E-state index is 13.3. The van der Waals surface area contributed by atoms with Crippen molar-refractivity contribution in [3.63, 3.8) is 0 Å². The Labute approximate surface area is 99.2 Å². The summed E-state index contributed by atoms with van der Waals surface area (Å²) in [5.74, 6) is -1.26. The number of rotatable bonds is 4. The van der Waals surface area contributed by atoms with Crippen LogP contribution in [0.4, 0.5) is 4.39 Å². The van der Waals surface area contributed by atoms with E-state index in [1.165, 1.54) is 19.1 Å². The van der Waals surface area contributed by atoms with Crippen LogP contribution in [0.2, 0.25) is 0 Å². The van der Waals surface area contributed by atoms with Gasteiger partial charge in [-0.2, -0.15) is 0 Å². The van der Waals surface area contributed by atoms with Crippen molar-refractivity contribution in [1.29, 1.82) is 0 Å². The Bertz CT molecular complexity index is 421. The Morgan fingerprint density at radius 2 is 2.00 bits per heavy atom. The molecule has 0 unspecified atom stereocenters. The standard InChI is InChI=1S/C12H15FN2O2/c1-9(16)15(7-6-14)12(17)8-10-4-2-3-5-11(10)13/h2-5H,6-8,14H2,1H3. The van der Waals surface area contributed by atoms with Crippen LogP contribution >= 0.6 is 0 Å². The molecule has 17 heavy (non-hydrogen) atoms. The molecule has 0 radical (unpaired) electrons. The Balaban J connectivity index is 2.77. The average molecular weight is 238 g/mol. The number of hydrogen-bond acceptors (Lipinski definition) is 3. The smallest absolute Gasteiger partial charge is 0.233 e. The molecule has 0 spiro atoms. The van der Waals surface area contributed by atoms with Crippen LogP contribution in [0.1, 0.15) is 12.5 Å². The fourth-order valence-corrected chi connectivity index (χ4v) is 1.49. The van der Waals surface area contributed by atoms with Gasteiger partial charge in [0.15, 0.2) is 0 Å². The van der Waals surface area contributed by atoms with Crippen LogP contribution in [-0.2, 0) is 16.0 Å². The summed E-state index contributed by atoms with van der Waals surface area (Å²) in [7, 11) is 0. The van der Waals surface area contributed by atoms with Crippen molar-refractivity contribution in [3.8, 4) is 0 Å². The number of hydrogen-bond donors (Lipinski definition) is 1. The lowest BCUT2D eigenvalue weighted by atomic mass is 10.1. The minimum Gasteiger partial charge on any atom is -0.329 e. The third-order valence-corrected chi connectivity index (χ3v) is 2.33. The van der Waals surface area contributed by atoms with Gasteiger partial charge in [-0.15, -0.1) is 0 Å². The van der Waals surface area contributed by atoms with E-state index in [9.17, 15) is 14.0 Å². The van der Waals surface area contributed by atoms with E-state index in [0.717, 1.165) is 4.90 Å². The van der Waals surface area contributed by atoms with Gasteiger partial charge in [-0.25, -0.2) is 4.39 Å². The van der Waals surface area contributed by atoms with E-state index in [1.807, 2.05) is 0 Å². The number of imide groups is 1. The lowest BCUT2D eigenvalue weighted by Crippen LogP contribution is -2.39. The summed E-state index contributed by atoms with van der Waals surface area (Å²) in [6, 6.07) is 6.00. The SMILES string of the molecule is CC(=O)N(CCN)C(=O)Cc1ccccc1F. The predicted octanol–water partition coefficient (Wildman–Crippen LogP) is 0.702. The molecule has 0 aliphatic rings. The van der Waals surface area contributed by atoms with Gasteiger partial charge >= 0.3 is 0 Å². The molecule has 0 atom stereocenters. The van der Waals surface area contributed by atoms with Gasteiger partial charge in [0.25, 0.3) is 0 Å². The fourth-order valence-electron chi connectivity index (χ4n) is 1.49. The lowest BCUT2D eigenvalue weighted by molar-refractivity contribution is -0.142. The van der Waals surface area contributed by atoms with E-state index in [-0.39, 0.29) is 31.0 Å². The van der Waals surface area contributed by atoms with Gasteiger partial charge in [0.05, 0.1) is 6.42 Å². The van der Waals surface area contributed by atoms with Crippen LogP contribution in [0, 0.1) is 5.82 Å². The molecule has 0 fully saturated rings. The first-order valence-corrected chi connectivity index (χ1v) is 5.30. The van der Waals surface area contributed by atoms with Crippen molar-refractivity contribution in [2.24, 2.45) is 5.73 Å². The summed E-state index contributed by atoms with van der Waals surface area (Å²) in [5.41, 5.74) is 5.59. The van der Waals surface area contributed by atoms with E-state index in [2.05, 4.69) is 0 Å². The van der Waals surface area contributed by atoms with E-state index in [1.54, 1.807) is 12.1 Å². The number of carbonyl (C=O) groups excluding carboxylic acids is 2. The molecule has 1 aromatic rings. The number of carbonyl (C=O) groups is 2. The van der Waals surface area contributed by atoms with Crippen LogP contribution in [-0.4, -0.2) is 29.8 Å². The van der Waals surface area contributed by atoms with Gasteiger partial charge < -0.3 is 5.73 Å². The summed E-state index contributed by atoms with van der Waals surface area (Å²) in [5, 5.41) is 0. The molecule has 0 saturated carbocycles. The molecule has 1 aromatic carbocycles. The van der Waals surface area contributed by atoms with Crippen molar-refractivity contribution in [2.45, 2.75) is 13.3 Å². The van der Waals surface area contributed by atoms with Gasteiger partial charge in [-0.05, 0) is 11.6 Å². The maximum absolute atomic E-state index is 13.3. The number of nitrogens with two attached hydrogens (primary N) is 1. The second kappa shape index (κ2) is 6.10. The largest absolute Gasteiger partial charge is 0.329 e. The summed E-state index contributed by atoms with van der Waals surface area (Å²) < 4.78 is 13.3. The van der Waals surface area contributed by atoms with E-state index < -0.39 is 11.7 Å². The zero-order valence-electron chi connectivity index (χ0n) is 9.65. The molecule has 0 aliphatic heterocycles. The molecular formula is C12H15FN2O2. The van der Waals surface area contributed by atoms with Crippen molar-refractivity contribution >= 4 is 11.8 Å². The normalized spacial score (nSPS) is 10.1. The van der Waals surface area contributed by atoms with Crippen molar-refractivity contribution < 1.29 is 14.0 Å². The molecule has 2 amide bonds. The highest BCUT2D eigenvalue weighted by Crippen LogP contribution is 2.08. The second-order valence-corrected chi connectivity index (χ2v) is 3.62. The van der Waals surface area contributed by atoms with Gasteiger partial charge in [-0.1, -0.05) is 18.2 Å². The molecule has 0 aromatic heterocycles. The number of benzene rings is 1. The molecular weight excluding hydrogens is 223 g/mol. The van der Waals surface area contributed by atoms with Gasteiger partial charge in [0.1, 0.15) is 5.82 Å². The minimum absolute atomic E-state index is 0.133. The quantitative estimate of drug-likeness (QED) is 0.840. The molecule has 0 aliphatic carbocycles. The average Bonchev–Trinajstić information content (AvgIpc) is 2.28. The first-order chi connectivity index (χ1) is 8.06. The summed E-state index contributed by atoms with van der Waals surface area (Å²) in [4.78, 5) is 24.0. The Kier molecular flexibility index (Phi) is 4.78. The van der Waals surface area contributed by atoms with Crippen molar-refractivity contribution in [3.05, 3.63) is 35.6 Å². The fraction of sp³-hybridized carbons (Fsp3) is 0.333. The van der Waals surface area contributed by atoms with Crippen molar-refractivity contribution in [2.75, 3.05) is 13.1 Å². The number of amides is 2. The lowest BCUT2D eigenvalue weighted by Gasteiger charge is -2.18. The molecule has 0 bridgehead atoms. The van der Waals surface area contributed by atoms with E-state index in [0.29, 0.717) is 0 Å². The van der Waals surface area contributed by atoms with E-state index in [4.69, 9.17) is 5.73 Å². The van der Waals surface area contributed by atoms with Crippen LogP contribution in [0.5, 0.6) is 0 Å². The van der Waals surface area contributed by atoms with Gasteiger partial charge in [0, 0.05) is 20.0 Å². The molecule has 5 heteroatoms. The molecule has 92 valence electrons. The van der Waals surface area contributed by atoms with Crippen LogP contribution in [0.3, 0.4) is 0 Å². The Hall–Kier alpha value is -1.75. The molecule has 0 saturated heterocycles. The minimum atomic E-state index is -0.447. The Morgan fingerprint density at radius 1 is 1.35 bits per heavy atom. The number of nitrogens with zero attached hydrogens (tertiary/aromatic N) is 1. The van der Waals surface area contributed by atoms with Gasteiger partial charge in [-0.3, -0.25) is 14.5 Å². The molecule has 1 rings (SSSR count). The second-order valence-electron chi connectivity index (χ2n) is 3.62. The molecule has 4 nitrogen and oxygen atoms in total. The Morgan fingerprint density at radius 3 is 2.53 bits per heavy atom. The number of halogens is 1.